The standard InChI is InChI=1S/C10H12SSi.C10H9.Zr/c1-6-9-7-4-11-5-8(7)10(6)12(9,2)3;1-8-6-9-4-2-3-5-10(9)7-8;/h4-5,9H,1-3H3;2-7H,1H3;. The molecule has 4 aliphatic rings. The van der Waals surface area contributed by atoms with Crippen molar-refractivity contribution in [3.63, 3.8) is 0 Å². The first-order valence-corrected chi connectivity index (χ1v) is 13.6. The van der Waals surface area contributed by atoms with Crippen molar-refractivity contribution in [2.24, 2.45) is 0 Å². The molecule has 23 heavy (non-hydrogen) atoms. The van der Waals surface area contributed by atoms with E-state index in [2.05, 4.69) is 68.0 Å². The van der Waals surface area contributed by atoms with E-state index in [1.165, 1.54) is 16.7 Å². The molecular weight excluding hydrogens is 392 g/mol. The maximum atomic E-state index is 2.50. The third kappa shape index (κ3) is 2.23. The van der Waals surface area contributed by atoms with E-state index in [0.29, 0.717) is 0 Å². The quantitative estimate of drug-likeness (QED) is 0.458. The first kappa shape index (κ1) is 16.0. The van der Waals surface area contributed by atoms with Gasteiger partial charge in [0.15, 0.2) is 0 Å². The number of fused-ring (bicyclic) bond motifs is 1. The Bertz CT molecular complexity index is 856. The van der Waals surface area contributed by atoms with Gasteiger partial charge in [0.1, 0.15) is 0 Å². The summed E-state index contributed by atoms with van der Waals surface area (Å²) in [5.74, 6) is 0. The van der Waals surface area contributed by atoms with E-state index in [1.807, 2.05) is 11.3 Å². The summed E-state index contributed by atoms with van der Waals surface area (Å²) in [5.41, 5.74) is 10.3. The predicted molar refractivity (Wildman–Crippen MR) is 100.0 cm³/mol. The van der Waals surface area contributed by atoms with Crippen LogP contribution in [0.3, 0.4) is 0 Å². The van der Waals surface area contributed by atoms with E-state index in [9.17, 15) is 0 Å². The summed E-state index contributed by atoms with van der Waals surface area (Å²) in [5, 5.41) is 6.47. The van der Waals surface area contributed by atoms with E-state index in [4.69, 9.17) is 0 Å². The van der Waals surface area contributed by atoms with Gasteiger partial charge in [0.05, 0.1) is 8.07 Å². The van der Waals surface area contributed by atoms with Crippen molar-refractivity contribution >= 4 is 30.7 Å². The Morgan fingerprint density at radius 2 is 1.78 bits per heavy atom. The third-order valence-electron chi connectivity index (χ3n) is 5.61. The molecule has 0 N–H and O–H groups in total. The molecule has 2 aliphatic carbocycles. The molecule has 2 aliphatic heterocycles. The van der Waals surface area contributed by atoms with Crippen LogP contribution in [-0.2, 0) is 24.7 Å². The van der Waals surface area contributed by atoms with E-state index in [0.717, 1.165) is 9.17 Å². The number of hydrogen-bond acceptors (Lipinski definition) is 1. The molecule has 0 spiro atoms. The van der Waals surface area contributed by atoms with E-state index in [1.54, 1.807) is 46.6 Å². The molecule has 1 aromatic carbocycles. The fraction of sp³-hybridized carbons (Fsp3) is 0.300. The Balaban J connectivity index is 0.000000118. The van der Waals surface area contributed by atoms with Crippen molar-refractivity contribution in [1.82, 2.24) is 0 Å². The van der Waals surface area contributed by atoms with Crippen LogP contribution in [0.4, 0.5) is 0 Å². The molecule has 0 saturated carbocycles. The van der Waals surface area contributed by atoms with Crippen LogP contribution in [0.25, 0.3) is 11.3 Å². The Morgan fingerprint density at radius 3 is 2.43 bits per heavy atom. The van der Waals surface area contributed by atoms with Gasteiger partial charge in [-0.25, -0.2) is 0 Å². The minimum absolute atomic E-state index is 0.721. The first-order chi connectivity index (χ1) is 10.9. The van der Waals surface area contributed by atoms with Crippen molar-refractivity contribution in [3.05, 3.63) is 68.4 Å². The summed E-state index contributed by atoms with van der Waals surface area (Å²) in [6.07, 6.45) is 2.30. The van der Waals surface area contributed by atoms with Gasteiger partial charge in [0, 0.05) is 5.54 Å². The van der Waals surface area contributed by atoms with Gasteiger partial charge >= 0.3 is 82.3 Å². The Labute approximate surface area is 159 Å². The normalized spacial score (nSPS) is 25.1. The fourth-order valence-electron chi connectivity index (χ4n) is 4.65. The topological polar surface area (TPSA) is 0 Å². The van der Waals surface area contributed by atoms with Crippen LogP contribution in [0.2, 0.25) is 13.1 Å². The summed E-state index contributed by atoms with van der Waals surface area (Å²) < 4.78 is 0.721. The van der Waals surface area contributed by atoms with Crippen LogP contribution in [-0.4, -0.2) is 8.07 Å². The van der Waals surface area contributed by atoms with Gasteiger partial charge in [-0.1, -0.05) is 23.9 Å². The summed E-state index contributed by atoms with van der Waals surface area (Å²) in [7, 11) is -0.976. The second-order valence-electron chi connectivity index (χ2n) is 7.40. The first-order valence-electron chi connectivity index (χ1n) is 8.19. The molecule has 6 rings (SSSR count). The fourth-order valence-corrected chi connectivity index (χ4v) is 11.0. The van der Waals surface area contributed by atoms with Crippen LogP contribution in [0.15, 0.2) is 46.2 Å². The molecular formula is C20H21SSiZr. The van der Waals surface area contributed by atoms with Gasteiger partial charge in [0.2, 0.25) is 0 Å². The number of thiophene rings is 1. The van der Waals surface area contributed by atoms with Crippen molar-refractivity contribution < 1.29 is 24.7 Å². The van der Waals surface area contributed by atoms with Crippen LogP contribution >= 0.6 is 11.3 Å². The van der Waals surface area contributed by atoms with Gasteiger partial charge < -0.3 is 0 Å². The molecule has 3 heteroatoms. The SMILES string of the molecule is CC1=C2c3cscc3C1[Si]2(C)C.CC1=Cc2ccccc2[CH]1[Zr]. The van der Waals surface area contributed by atoms with Gasteiger partial charge in [-0.05, 0) is 28.8 Å². The van der Waals surface area contributed by atoms with Gasteiger partial charge in [0.25, 0.3) is 0 Å². The number of rotatable bonds is 0. The molecule has 0 amide bonds. The van der Waals surface area contributed by atoms with E-state index >= 15 is 0 Å². The zero-order chi connectivity index (χ0) is 16.4. The summed E-state index contributed by atoms with van der Waals surface area (Å²) in [6, 6.07) is 8.67. The zero-order valence-electron chi connectivity index (χ0n) is 14.1. The van der Waals surface area contributed by atoms with Gasteiger partial charge in [-0.2, -0.15) is 11.3 Å². The number of benzene rings is 1. The molecule has 0 nitrogen and oxygen atoms in total. The van der Waals surface area contributed by atoms with Crippen molar-refractivity contribution in [2.75, 3.05) is 0 Å². The maximum absolute atomic E-state index is 2.50. The monoisotopic (exact) mass is 411 g/mol. The molecule has 2 atom stereocenters. The Kier molecular flexibility index (Phi) is 3.83. The average Bonchev–Trinajstić information content (AvgIpc) is 3.18. The van der Waals surface area contributed by atoms with Crippen molar-refractivity contribution in [3.8, 4) is 0 Å². The molecule has 3 heterocycles. The van der Waals surface area contributed by atoms with Gasteiger partial charge in [-0.15, -0.1) is 0 Å². The molecule has 115 valence electrons. The zero-order valence-corrected chi connectivity index (χ0v) is 18.4. The second-order valence-corrected chi connectivity index (χ2v) is 14.1. The van der Waals surface area contributed by atoms with E-state index < -0.39 is 8.07 Å². The summed E-state index contributed by atoms with van der Waals surface area (Å²) in [4.78, 5) is 0. The molecule has 0 saturated heterocycles. The summed E-state index contributed by atoms with van der Waals surface area (Å²) in [6.45, 7) is 9.55. The molecule has 0 fully saturated rings. The molecule has 2 aromatic rings. The number of allylic oxidation sites excluding steroid dienone is 2. The van der Waals surface area contributed by atoms with Crippen LogP contribution < -0.4 is 0 Å². The van der Waals surface area contributed by atoms with Gasteiger partial charge in [-0.3, -0.25) is 0 Å². The Hall–Kier alpha value is -0.500. The number of hydrogen-bond donors (Lipinski definition) is 0. The third-order valence-corrected chi connectivity index (χ3v) is 12.4. The second kappa shape index (κ2) is 5.51. The predicted octanol–water partition coefficient (Wildman–Crippen LogP) is 6.11. The van der Waals surface area contributed by atoms with E-state index in [-0.39, 0.29) is 0 Å². The minimum atomic E-state index is -0.976. The van der Waals surface area contributed by atoms with Crippen LogP contribution in [0.1, 0.15) is 45.3 Å². The van der Waals surface area contributed by atoms with Crippen molar-refractivity contribution in [1.29, 1.82) is 0 Å². The van der Waals surface area contributed by atoms with Crippen LogP contribution in [0, 0.1) is 0 Å². The molecule has 1 aromatic heterocycles. The molecule has 2 bridgehead atoms. The Morgan fingerprint density at radius 1 is 1.04 bits per heavy atom. The average molecular weight is 413 g/mol. The van der Waals surface area contributed by atoms with Crippen LogP contribution in [0.5, 0.6) is 0 Å². The van der Waals surface area contributed by atoms with Crippen molar-refractivity contribution in [2.45, 2.75) is 36.1 Å². The molecule has 2 unspecified atom stereocenters. The molecule has 0 radical (unpaired) electrons. The summed E-state index contributed by atoms with van der Waals surface area (Å²) >= 11 is 3.47.